The number of nitrogens with one attached hydrogen (secondary N) is 4. The van der Waals surface area contributed by atoms with Gasteiger partial charge in [0.15, 0.2) is 46.7 Å². The Balaban J connectivity index is 1.02. The van der Waals surface area contributed by atoms with Crippen LogP contribution in [0.1, 0.15) is 55.6 Å². The number of anilines is 2. The van der Waals surface area contributed by atoms with Crippen LogP contribution in [0.2, 0.25) is 0 Å². The Hall–Kier alpha value is -9.12. The van der Waals surface area contributed by atoms with E-state index in [0.29, 0.717) is 204 Å². The third-order valence-corrected chi connectivity index (χ3v) is 17.1. The van der Waals surface area contributed by atoms with E-state index in [-0.39, 0.29) is 49.7 Å². The van der Waals surface area contributed by atoms with E-state index in [1.165, 1.54) is 0 Å². The number of rotatable bonds is 16. The van der Waals surface area contributed by atoms with Crippen molar-refractivity contribution in [2.24, 2.45) is 0 Å². The minimum atomic E-state index is -0.0758. The summed E-state index contributed by atoms with van der Waals surface area (Å²) in [5, 5.41) is 13.6. The van der Waals surface area contributed by atoms with E-state index in [9.17, 15) is 0 Å². The molecule has 24 nitrogen and oxygen atoms in total. The number of ether oxygens (including phenoxy) is 20. The maximum Gasteiger partial charge on any atom is 0.173 e. The summed E-state index contributed by atoms with van der Waals surface area (Å²) in [4.78, 5) is 0. The molecule has 0 atom stereocenters. The van der Waals surface area contributed by atoms with E-state index in [2.05, 4.69) is 21.3 Å². The molecule has 19 rings (SSSR count). The summed E-state index contributed by atoms with van der Waals surface area (Å²) in [6, 6.07) is 30.8. The predicted molar refractivity (Wildman–Crippen MR) is 388 cm³/mol. The largest absolute Gasteiger partial charge is 0.496 e. The number of thiocarbonyl (C=S) groups is 2. The van der Waals surface area contributed by atoms with E-state index < -0.39 is 0 Å². The molecule has 0 spiro atoms. The molecule has 0 amide bonds. The van der Waals surface area contributed by atoms with Gasteiger partial charge >= 0.3 is 0 Å². The van der Waals surface area contributed by atoms with Crippen LogP contribution in [0.25, 0.3) is 0 Å². The first-order chi connectivity index (χ1) is 49.5. The molecule has 10 bridgehead atoms. The highest BCUT2D eigenvalue weighted by Crippen LogP contribution is 2.43. The molecule has 2 heterocycles. The van der Waals surface area contributed by atoms with Crippen molar-refractivity contribution in [1.29, 1.82) is 0 Å². The van der Waals surface area contributed by atoms with Crippen molar-refractivity contribution in [3.63, 3.8) is 0 Å². The van der Waals surface area contributed by atoms with Crippen molar-refractivity contribution in [2.75, 3.05) is 187 Å². The van der Waals surface area contributed by atoms with Crippen LogP contribution >= 0.6 is 24.4 Å². The maximum absolute atomic E-state index is 6.84. The van der Waals surface area contributed by atoms with Gasteiger partial charge in [-0.3, -0.25) is 0 Å². The van der Waals surface area contributed by atoms with Crippen LogP contribution in [0, 0.1) is 0 Å². The number of methoxy groups -OCH3 is 8. The molecule has 4 N–H and O–H groups in total. The van der Waals surface area contributed by atoms with Gasteiger partial charge in [-0.25, -0.2) is 0 Å². The summed E-state index contributed by atoms with van der Waals surface area (Å²) in [7, 11) is 13.2. The lowest BCUT2D eigenvalue weighted by molar-refractivity contribution is 0.00708. The van der Waals surface area contributed by atoms with E-state index in [1.54, 1.807) is 56.9 Å². The summed E-state index contributed by atoms with van der Waals surface area (Å²) in [5.41, 5.74) is 9.42. The van der Waals surface area contributed by atoms with Crippen LogP contribution in [-0.2, 0) is 60.5 Å². The minimum absolute atomic E-state index is 0.0758. The molecule has 101 heavy (non-hydrogen) atoms. The first-order valence-electron chi connectivity index (χ1n) is 33.2. The summed E-state index contributed by atoms with van der Waals surface area (Å²) >= 11 is 11.9. The smallest absolute Gasteiger partial charge is 0.173 e. The van der Waals surface area contributed by atoms with Gasteiger partial charge in [0.25, 0.3) is 0 Å². The van der Waals surface area contributed by atoms with Crippen molar-refractivity contribution in [2.45, 2.75) is 32.1 Å². The zero-order valence-electron chi connectivity index (χ0n) is 58.5. The average Bonchev–Trinajstić information content (AvgIpc) is 1.16. The Morgan fingerprint density at radius 1 is 0.277 bits per heavy atom. The minimum Gasteiger partial charge on any atom is -0.496 e. The van der Waals surface area contributed by atoms with Gasteiger partial charge in [-0.1, -0.05) is 0 Å². The van der Waals surface area contributed by atoms with Crippen LogP contribution in [0.5, 0.6) is 80.5 Å². The Morgan fingerprint density at radius 2 is 0.485 bits per heavy atom. The van der Waals surface area contributed by atoms with Gasteiger partial charge in [-0.05, 0) is 109 Å². The van der Waals surface area contributed by atoms with E-state index in [4.69, 9.17) is 119 Å². The average molecular weight is 1430 g/mol. The number of fused-ring (bicyclic) bond motifs is 2. The zero-order chi connectivity index (χ0) is 70.7. The van der Waals surface area contributed by atoms with Crippen molar-refractivity contribution in [3.05, 3.63) is 153 Å². The topological polar surface area (TPSA) is 233 Å². The quantitative estimate of drug-likeness (QED) is 0.0520. The molecule has 0 unspecified atom stereocenters. The highest BCUT2D eigenvalue weighted by molar-refractivity contribution is 7.80. The Bertz CT molecular complexity index is 3650. The summed E-state index contributed by atoms with van der Waals surface area (Å²) in [6.07, 6.45) is 1.77. The monoisotopic (exact) mass is 1430 g/mol. The first-order valence-corrected chi connectivity index (χ1v) is 34.0. The predicted octanol–water partition coefficient (Wildman–Crippen LogP) is 10.3. The molecule has 0 saturated heterocycles. The maximum atomic E-state index is 6.84. The SMILES string of the molecule is COc1cc2c(OC)cc1Cc1cc(OC)c(cc1OC)Cc1cc(OC)c(cc1OC)Cc1cc(OCNC(=S)Nc3ccc4c(c3)OCCOCCOCCOCCO4)c(cc1OCNC(=S)Nc1ccc3c(c1)OCCOCCOCCOCCO3)Cc1cc(OC)c(cc1OC)C2. The molecule has 0 saturated carbocycles. The molecular formula is C75H90N4O20S2. The Kier molecular flexibility index (Phi) is 28.5. The molecule has 542 valence electrons. The first kappa shape index (κ1) is 74.6. The van der Waals surface area contributed by atoms with Crippen molar-refractivity contribution in [1.82, 2.24) is 10.6 Å². The van der Waals surface area contributed by atoms with Crippen molar-refractivity contribution in [3.8, 4) is 80.5 Å². The fourth-order valence-electron chi connectivity index (χ4n) is 11.7. The van der Waals surface area contributed by atoms with Gasteiger partial charge in [0, 0.05) is 111 Å². The Morgan fingerprint density at radius 3 is 0.723 bits per heavy atom. The number of hydrogen-bond donors (Lipinski definition) is 4. The summed E-state index contributed by atoms with van der Waals surface area (Å²) in [6.45, 7) is 6.09. The second-order valence-electron chi connectivity index (χ2n) is 23.1. The van der Waals surface area contributed by atoms with E-state index >= 15 is 0 Å². The summed E-state index contributed by atoms with van der Waals surface area (Å²) in [5.74, 6) is 8.11. The van der Waals surface area contributed by atoms with Crippen LogP contribution in [0.4, 0.5) is 11.4 Å². The fourth-order valence-corrected chi connectivity index (χ4v) is 12.0. The van der Waals surface area contributed by atoms with Gasteiger partial charge in [0.05, 0.1) is 136 Å². The lowest BCUT2D eigenvalue weighted by Gasteiger charge is -2.22. The molecule has 7 aromatic carbocycles. The van der Waals surface area contributed by atoms with Gasteiger partial charge in [-0.15, -0.1) is 0 Å². The highest BCUT2D eigenvalue weighted by Gasteiger charge is 2.25. The zero-order valence-corrected chi connectivity index (χ0v) is 60.1. The molecule has 2 aliphatic heterocycles. The van der Waals surface area contributed by atoms with Gasteiger partial charge in [-0.2, -0.15) is 0 Å². The van der Waals surface area contributed by atoms with E-state index in [0.717, 1.165) is 55.6 Å². The second kappa shape index (κ2) is 38.6. The van der Waals surface area contributed by atoms with Crippen LogP contribution in [0.15, 0.2) is 97.1 Å². The fraction of sp³-hybridized carbons (Fsp3) is 0.413. The number of benzene rings is 7. The van der Waals surface area contributed by atoms with Crippen molar-refractivity contribution < 1.29 is 94.7 Å². The molecule has 0 fully saturated rings. The van der Waals surface area contributed by atoms with Crippen LogP contribution in [-0.4, -0.2) is 186 Å². The van der Waals surface area contributed by atoms with Crippen LogP contribution < -0.4 is 87.6 Å². The molecule has 7 aromatic rings. The second-order valence-corrected chi connectivity index (χ2v) is 23.9. The molecule has 10 aliphatic carbocycles. The normalized spacial score (nSPS) is 14.9. The number of hydrogen-bond acceptors (Lipinski definition) is 22. The molecule has 0 aromatic heterocycles. The third-order valence-electron chi connectivity index (χ3n) is 16.6. The molecule has 12 aliphatic rings. The highest BCUT2D eigenvalue weighted by atomic mass is 32.1. The van der Waals surface area contributed by atoms with Gasteiger partial charge in [0.1, 0.15) is 83.9 Å². The molecule has 0 radical (unpaired) electrons. The summed E-state index contributed by atoms with van der Waals surface area (Å²) < 4.78 is 122. The van der Waals surface area contributed by atoms with Gasteiger partial charge < -0.3 is 116 Å². The lowest BCUT2D eigenvalue weighted by Crippen LogP contribution is -2.32. The van der Waals surface area contributed by atoms with E-state index in [1.807, 2.05) is 97.1 Å². The Labute approximate surface area is 600 Å². The molecular weight excluding hydrogens is 1340 g/mol. The lowest BCUT2D eigenvalue weighted by atomic mass is 9.94. The standard InChI is InChI=1S/C75H90N4O20S2/c1-80-62-36-50-30-52-38-68(86-7)54(40-66(52)84-5)32-56-42-71(99-47-77-75(101)79-59-10-12-61-73(45-59)97-28-24-93-20-16-89-14-18-91-22-26-95-61)57(43-70(56)98-46-76-74(100)78-58-9-11-60-72(44-58)96-27-23-92-19-15-88-13-17-90-21-25-94-60)33-55-41-67(85-6)53(39-69(55)87-8)31-51-37-63(81-2)49(35-65(51)83-4)29-48(62)34-64(50)82-3/h9-12,34-45H,13-33,46-47H2,1-8H3,(H2,76,78,100)(H2,77,79,101). The third kappa shape index (κ3) is 21.0. The van der Waals surface area contributed by atoms with Crippen LogP contribution in [0.3, 0.4) is 0 Å². The van der Waals surface area contributed by atoms with Gasteiger partial charge in [0.2, 0.25) is 0 Å². The molecule has 26 heteroatoms. The van der Waals surface area contributed by atoms with Crippen molar-refractivity contribution >= 4 is 46.0 Å².